The van der Waals surface area contributed by atoms with Crippen LogP contribution < -0.4 is 0 Å². The molecule has 2 aliphatic heterocycles. The quantitative estimate of drug-likeness (QED) is 0.579. The lowest BCUT2D eigenvalue weighted by molar-refractivity contribution is -0.146. The third-order valence-electron chi connectivity index (χ3n) is 2.75. The van der Waals surface area contributed by atoms with Crippen LogP contribution >= 0.6 is 0 Å². The van der Waals surface area contributed by atoms with Crippen molar-refractivity contribution in [3.63, 3.8) is 0 Å². The molecule has 0 aromatic heterocycles. The second-order valence-electron chi connectivity index (χ2n) is 3.57. The van der Waals surface area contributed by atoms with Gasteiger partial charge in [0.05, 0.1) is 19.1 Å². The number of carbonyl (C=O) groups excluding carboxylic acids is 1. The summed E-state index contributed by atoms with van der Waals surface area (Å²) in [5, 5.41) is 0. The van der Waals surface area contributed by atoms with Crippen molar-refractivity contribution in [2.45, 2.75) is 25.9 Å². The average Bonchev–Trinajstić information content (AvgIpc) is 2.58. The fraction of sp³-hybridized carbons (Fsp3) is 0.889. The minimum absolute atomic E-state index is 0.0431. The van der Waals surface area contributed by atoms with Crippen LogP contribution in [0.2, 0.25) is 0 Å². The summed E-state index contributed by atoms with van der Waals surface area (Å²) in [5.74, 6) is 0.343. The normalized spacial score (nSPS) is 39.8. The van der Waals surface area contributed by atoms with Crippen molar-refractivity contribution in [1.82, 2.24) is 0 Å². The van der Waals surface area contributed by atoms with Crippen LogP contribution in [0, 0.1) is 11.8 Å². The van der Waals surface area contributed by atoms with E-state index < -0.39 is 0 Å². The van der Waals surface area contributed by atoms with Crippen LogP contribution in [0.1, 0.15) is 19.8 Å². The summed E-state index contributed by atoms with van der Waals surface area (Å²) >= 11 is 0. The molecule has 3 nitrogen and oxygen atoms in total. The van der Waals surface area contributed by atoms with E-state index in [2.05, 4.69) is 6.92 Å². The summed E-state index contributed by atoms with van der Waals surface area (Å²) < 4.78 is 10.5. The molecule has 0 unspecified atom stereocenters. The van der Waals surface area contributed by atoms with E-state index in [0.29, 0.717) is 19.1 Å². The van der Waals surface area contributed by atoms with Gasteiger partial charge < -0.3 is 9.47 Å². The molecule has 2 rings (SSSR count). The lowest BCUT2D eigenvalue weighted by Crippen LogP contribution is -2.19. The van der Waals surface area contributed by atoms with Crippen molar-refractivity contribution < 1.29 is 14.3 Å². The van der Waals surface area contributed by atoms with Crippen LogP contribution in [0.4, 0.5) is 0 Å². The van der Waals surface area contributed by atoms with Gasteiger partial charge in [0.15, 0.2) is 0 Å². The molecule has 2 fully saturated rings. The second-order valence-corrected chi connectivity index (χ2v) is 3.57. The number of hydrogen-bond donors (Lipinski definition) is 0. The van der Waals surface area contributed by atoms with Crippen molar-refractivity contribution >= 4 is 5.97 Å². The highest BCUT2D eigenvalue weighted by Gasteiger charge is 2.47. The first-order chi connectivity index (χ1) is 5.83. The molecular weight excluding hydrogens is 156 g/mol. The van der Waals surface area contributed by atoms with E-state index in [-0.39, 0.29) is 18.0 Å². The molecule has 0 amide bonds. The maximum absolute atomic E-state index is 11.2. The number of cyclic esters (lactones) is 1. The summed E-state index contributed by atoms with van der Waals surface area (Å²) in [7, 11) is 0. The Kier molecular flexibility index (Phi) is 2.05. The second kappa shape index (κ2) is 3.05. The fourth-order valence-electron chi connectivity index (χ4n) is 2.06. The maximum atomic E-state index is 11.2. The van der Waals surface area contributed by atoms with Gasteiger partial charge in [0.1, 0.15) is 6.10 Å². The first-order valence-corrected chi connectivity index (χ1v) is 4.61. The minimum atomic E-state index is -0.0454. The van der Waals surface area contributed by atoms with Crippen LogP contribution in [-0.4, -0.2) is 25.3 Å². The van der Waals surface area contributed by atoms with Crippen molar-refractivity contribution in [3.05, 3.63) is 0 Å². The van der Waals surface area contributed by atoms with E-state index in [1.807, 2.05) is 0 Å². The highest BCUT2D eigenvalue weighted by molar-refractivity contribution is 5.75. The van der Waals surface area contributed by atoms with E-state index >= 15 is 0 Å². The molecule has 2 aliphatic rings. The molecule has 0 saturated carbocycles. The zero-order valence-corrected chi connectivity index (χ0v) is 7.29. The van der Waals surface area contributed by atoms with Crippen molar-refractivity contribution in [1.29, 1.82) is 0 Å². The largest absolute Gasteiger partial charge is 0.462 e. The zero-order valence-electron chi connectivity index (χ0n) is 7.29. The molecule has 0 aliphatic carbocycles. The Bertz CT molecular complexity index is 190. The number of carbonyl (C=O) groups is 1. The minimum Gasteiger partial charge on any atom is -0.462 e. The number of ether oxygens (including phenoxy) is 2. The first-order valence-electron chi connectivity index (χ1n) is 4.61. The standard InChI is InChI=1S/C9H14O3/c1-2-3-8-6-4-11-5-7(6)9(10)12-8/h6-8H,2-5H2,1H3/t6-,7+,8+/m0/s1. The van der Waals surface area contributed by atoms with Crippen molar-refractivity contribution in [2.24, 2.45) is 11.8 Å². The van der Waals surface area contributed by atoms with Gasteiger partial charge in [-0.3, -0.25) is 4.79 Å². The van der Waals surface area contributed by atoms with Crippen LogP contribution in [-0.2, 0) is 14.3 Å². The Labute approximate surface area is 72.0 Å². The molecule has 0 N–H and O–H groups in total. The van der Waals surface area contributed by atoms with Gasteiger partial charge in [-0.05, 0) is 6.42 Å². The molecule has 2 saturated heterocycles. The number of esters is 1. The van der Waals surface area contributed by atoms with E-state index in [9.17, 15) is 4.79 Å². The summed E-state index contributed by atoms with van der Waals surface area (Å²) in [6.07, 6.45) is 2.19. The predicted molar refractivity (Wildman–Crippen MR) is 42.6 cm³/mol. The van der Waals surface area contributed by atoms with E-state index in [0.717, 1.165) is 12.8 Å². The molecular formula is C9H14O3. The molecule has 3 heteroatoms. The first kappa shape index (κ1) is 8.05. The topological polar surface area (TPSA) is 35.5 Å². The summed E-state index contributed by atoms with van der Waals surface area (Å²) in [4.78, 5) is 11.2. The van der Waals surface area contributed by atoms with Crippen LogP contribution in [0.25, 0.3) is 0 Å². The van der Waals surface area contributed by atoms with Gasteiger partial charge in [0.2, 0.25) is 0 Å². The third kappa shape index (κ3) is 1.12. The van der Waals surface area contributed by atoms with Gasteiger partial charge in [0.25, 0.3) is 0 Å². The van der Waals surface area contributed by atoms with E-state index in [1.54, 1.807) is 0 Å². The highest BCUT2D eigenvalue weighted by atomic mass is 16.6. The van der Waals surface area contributed by atoms with Crippen molar-refractivity contribution in [2.75, 3.05) is 13.2 Å². The van der Waals surface area contributed by atoms with Gasteiger partial charge in [0, 0.05) is 5.92 Å². The van der Waals surface area contributed by atoms with Gasteiger partial charge >= 0.3 is 5.97 Å². The Morgan fingerprint density at radius 3 is 3.08 bits per heavy atom. The van der Waals surface area contributed by atoms with Gasteiger partial charge in [-0.1, -0.05) is 13.3 Å². The van der Waals surface area contributed by atoms with Gasteiger partial charge in [-0.25, -0.2) is 0 Å². The van der Waals surface area contributed by atoms with Crippen LogP contribution in [0.15, 0.2) is 0 Å². The Hall–Kier alpha value is -0.570. The molecule has 0 spiro atoms. The molecule has 0 radical (unpaired) electrons. The predicted octanol–water partition coefficient (Wildman–Crippen LogP) is 0.974. The molecule has 68 valence electrons. The van der Waals surface area contributed by atoms with E-state index in [1.165, 1.54) is 0 Å². The smallest absolute Gasteiger partial charge is 0.312 e. The lowest BCUT2D eigenvalue weighted by Gasteiger charge is -2.12. The fourth-order valence-corrected chi connectivity index (χ4v) is 2.06. The van der Waals surface area contributed by atoms with Gasteiger partial charge in [-0.15, -0.1) is 0 Å². The molecule has 2 heterocycles. The molecule has 3 atom stereocenters. The van der Waals surface area contributed by atoms with Crippen LogP contribution in [0.3, 0.4) is 0 Å². The number of hydrogen-bond acceptors (Lipinski definition) is 3. The SMILES string of the molecule is CCC[C@H]1OC(=O)[C@@H]2COC[C@H]12. The lowest BCUT2D eigenvalue weighted by atomic mass is 9.92. The van der Waals surface area contributed by atoms with Gasteiger partial charge in [-0.2, -0.15) is 0 Å². The summed E-state index contributed by atoms with van der Waals surface area (Å²) in [6, 6.07) is 0. The van der Waals surface area contributed by atoms with Crippen LogP contribution in [0.5, 0.6) is 0 Å². The Morgan fingerprint density at radius 2 is 2.33 bits per heavy atom. The average molecular weight is 170 g/mol. The number of rotatable bonds is 2. The Balaban J connectivity index is 2.04. The molecule has 12 heavy (non-hydrogen) atoms. The summed E-state index contributed by atoms with van der Waals surface area (Å²) in [5.41, 5.74) is 0. The molecule has 0 aromatic carbocycles. The number of fused-ring (bicyclic) bond motifs is 1. The monoisotopic (exact) mass is 170 g/mol. The molecule has 0 aromatic rings. The maximum Gasteiger partial charge on any atom is 0.312 e. The van der Waals surface area contributed by atoms with Crippen molar-refractivity contribution in [3.8, 4) is 0 Å². The third-order valence-corrected chi connectivity index (χ3v) is 2.75. The highest BCUT2D eigenvalue weighted by Crippen LogP contribution is 2.35. The Morgan fingerprint density at radius 1 is 1.50 bits per heavy atom. The zero-order chi connectivity index (χ0) is 8.55. The molecule has 0 bridgehead atoms. The summed E-state index contributed by atoms with van der Waals surface area (Å²) in [6.45, 7) is 3.39. The van der Waals surface area contributed by atoms with E-state index in [4.69, 9.17) is 9.47 Å².